The van der Waals surface area contributed by atoms with Crippen LogP contribution < -0.4 is 24.6 Å². The van der Waals surface area contributed by atoms with Gasteiger partial charge in [0.25, 0.3) is 11.8 Å². The predicted octanol–water partition coefficient (Wildman–Crippen LogP) is 4.17. The molecule has 1 heterocycles. The van der Waals surface area contributed by atoms with Crippen LogP contribution in [0.1, 0.15) is 5.56 Å². The number of carbonyl (C=O) groups excluding carboxylic acids is 2. The lowest BCUT2D eigenvalue weighted by Gasteiger charge is -2.19. The molecule has 2 amide bonds. The fraction of sp³-hybridized carbons (Fsp3) is 0.154. The van der Waals surface area contributed by atoms with Crippen LogP contribution in [0.2, 0.25) is 0 Å². The minimum Gasteiger partial charge on any atom is -0.496 e. The van der Waals surface area contributed by atoms with Crippen molar-refractivity contribution in [1.29, 1.82) is 0 Å². The van der Waals surface area contributed by atoms with Gasteiger partial charge < -0.3 is 19.7 Å². The van der Waals surface area contributed by atoms with Crippen molar-refractivity contribution in [1.82, 2.24) is 0 Å². The number of nitrogens with one attached hydrogen (secondary N) is 1. The summed E-state index contributed by atoms with van der Waals surface area (Å²) >= 11 is 0. The van der Waals surface area contributed by atoms with Crippen LogP contribution in [-0.4, -0.2) is 40.1 Å². The third kappa shape index (κ3) is 4.01. The maximum absolute atomic E-state index is 13.7. The monoisotopic (exact) mass is 443 g/mol. The van der Waals surface area contributed by atoms with E-state index in [0.717, 1.165) is 5.69 Å². The Hall–Kier alpha value is -4.26. The van der Waals surface area contributed by atoms with E-state index in [4.69, 9.17) is 9.47 Å². The topological polar surface area (TPSA) is 71.1 Å². The number of para-hydroxylation sites is 3. The number of benzene rings is 3. The van der Waals surface area contributed by atoms with Crippen LogP contribution in [0.4, 0.5) is 17.1 Å². The zero-order chi connectivity index (χ0) is 23.5. The number of amides is 2. The van der Waals surface area contributed by atoms with Gasteiger partial charge in [0.1, 0.15) is 17.2 Å². The van der Waals surface area contributed by atoms with Crippen molar-refractivity contribution in [3.63, 3.8) is 0 Å². The molecule has 3 aromatic carbocycles. The molecule has 0 aliphatic carbocycles. The van der Waals surface area contributed by atoms with Gasteiger partial charge in [-0.1, -0.05) is 36.4 Å². The smallest absolute Gasteiger partial charge is 0.282 e. The Labute approximate surface area is 192 Å². The first-order valence-corrected chi connectivity index (χ1v) is 10.4. The molecule has 0 unspecified atom stereocenters. The highest BCUT2D eigenvalue weighted by molar-refractivity contribution is 6.46. The summed E-state index contributed by atoms with van der Waals surface area (Å²) in [6, 6.07) is 21.7. The summed E-state index contributed by atoms with van der Waals surface area (Å²) in [7, 11) is 6.89. The maximum atomic E-state index is 13.7. The van der Waals surface area contributed by atoms with Crippen molar-refractivity contribution in [2.24, 2.45) is 0 Å². The molecule has 3 aromatic rings. The fourth-order valence-electron chi connectivity index (χ4n) is 3.77. The van der Waals surface area contributed by atoms with E-state index in [0.29, 0.717) is 28.4 Å². The van der Waals surface area contributed by atoms with Gasteiger partial charge in [-0.15, -0.1) is 0 Å². The molecule has 1 N–H and O–H groups in total. The number of hydrogen-bond donors (Lipinski definition) is 1. The first-order valence-electron chi connectivity index (χ1n) is 10.4. The molecule has 7 nitrogen and oxygen atoms in total. The van der Waals surface area contributed by atoms with Crippen LogP contribution in [0.25, 0.3) is 5.57 Å². The van der Waals surface area contributed by atoms with Gasteiger partial charge in [0.05, 0.1) is 31.2 Å². The Morgan fingerprint density at radius 3 is 2.15 bits per heavy atom. The van der Waals surface area contributed by atoms with Crippen molar-refractivity contribution in [3.05, 3.63) is 84.1 Å². The Morgan fingerprint density at radius 2 is 1.45 bits per heavy atom. The van der Waals surface area contributed by atoms with Gasteiger partial charge in [-0.25, -0.2) is 4.90 Å². The highest BCUT2D eigenvalue weighted by Crippen LogP contribution is 2.39. The summed E-state index contributed by atoms with van der Waals surface area (Å²) in [5.41, 5.74) is 2.86. The second kappa shape index (κ2) is 9.08. The van der Waals surface area contributed by atoms with Gasteiger partial charge in [-0.2, -0.15) is 0 Å². The molecular weight excluding hydrogens is 418 g/mol. The zero-order valence-electron chi connectivity index (χ0n) is 19.0. The quantitative estimate of drug-likeness (QED) is 0.553. The van der Waals surface area contributed by atoms with Gasteiger partial charge in [0.15, 0.2) is 0 Å². The van der Waals surface area contributed by atoms with E-state index < -0.39 is 11.8 Å². The van der Waals surface area contributed by atoms with Gasteiger partial charge in [0.2, 0.25) is 0 Å². The molecule has 0 fully saturated rings. The Kier molecular flexibility index (Phi) is 6.04. The molecule has 0 atom stereocenters. The standard InChI is InChI=1S/C26H25N3O4/c1-28(2)17-10-9-11-18(16-17)29-25(30)23(19-12-5-7-14-21(19)32-3)24(26(29)31)27-20-13-6-8-15-22(20)33-4/h5-16,27H,1-4H3. The number of methoxy groups -OCH3 is 2. The highest BCUT2D eigenvalue weighted by atomic mass is 16.5. The number of nitrogens with zero attached hydrogens (tertiary/aromatic N) is 2. The van der Waals surface area contributed by atoms with E-state index in [1.54, 1.807) is 43.5 Å². The lowest BCUT2D eigenvalue weighted by Crippen LogP contribution is -2.32. The molecule has 0 radical (unpaired) electrons. The number of ether oxygens (including phenoxy) is 2. The summed E-state index contributed by atoms with van der Waals surface area (Å²) < 4.78 is 10.9. The zero-order valence-corrected chi connectivity index (χ0v) is 19.0. The molecular formula is C26H25N3O4. The van der Waals surface area contributed by atoms with E-state index in [2.05, 4.69) is 5.32 Å². The van der Waals surface area contributed by atoms with E-state index >= 15 is 0 Å². The number of carbonyl (C=O) groups is 2. The van der Waals surface area contributed by atoms with Crippen LogP contribution in [-0.2, 0) is 9.59 Å². The fourth-order valence-corrected chi connectivity index (χ4v) is 3.77. The van der Waals surface area contributed by atoms with Crippen LogP contribution in [0.15, 0.2) is 78.5 Å². The SMILES string of the molecule is COc1ccccc1NC1=C(c2ccccc2OC)C(=O)N(c2cccc(N(C)C)c2)C1=O. The predicted molar refractivity (Wildman–Crippen MR) is 130 cm³/mol. The molecule has 0 aromatic heterocycles. The van der Waals surface area contributed by atoms with Gasteiger partial charge in [0, 0.05) is 25.3 Å². The average Bonchev–Trinajstić information content (AvgIpc) is 3.08. The van der Waals surface area contributed by atoms with Crippen molar-refractivity contribution >= 4 is 34.4 Å². The van der Waals surface area contributed by atoms with Crippen LogP contribution in [0, 0.1) is 0 Å². The average molecular weight is 444 g/mol. The lowest BCUT2D eigenvalue weighted by atomic mass is 10.0. The number of rotatable bonds is 7. The van der Waals surface area contributed by atoms with E-state index in [1.165, 1.54) is 12.0 Å². The van der Waals surface area contributed by atoms with Crippen molar-refractivity contribution < 1.29 is 19.1 Å². The maximum Gasteiger partial charge on any atom is 0.282 e. The molecule has 0 saturated carbocycles. The molecule has 0 saturated heterocycles. The van der Waals surface area contributed by atoms with Gasteiger partial charge in [-0.3, -0.25) is 9.59 Å². The summed E-state index contributed by atoms with van der Waals surface area (Å²) in [6.07, 6.45) is 0. The Bertz CT molecular complexity index is 1250. The number of anilines is 3. The third-order valence-corrected chi connectivity index (χ3v) is 5.43. The first kappa shape index (κ1) is 22.0. The molecule has 33 heavy (non-hydrogen) atoms. The van der Waals surface area contributed by atoms with Crippen LogP contribution in [0.3, 0.4) is 0 Å². The van der Waals surface area contributed by atoms with Crippen molar-refractivity contribution in [2.75, 3.05) is 43.4 Å². The minimum absolute atomic E-state index is 0.157. The van der Waals surface area contributed by atoms with Gasteiger partial charge in [-0.05, 0) is 36.4 Å². The minimum atomic E-state index is -0.456. The molecule has 168 valence electrons. The molecule has 1 aliphatic heterocycles. The van der Waals surface area contributed by atoms with E-state index in [9.17, 15) is 9.59 Å². The molecule has 1 aliphatic rings. The summed E-state index contributed by atoms with van der Waals surface area (Å²) in [4.78, 5) is 30.5. The van der Waals surface area contributed by atoms with Crippen LogP contribution in [0.5, 0.6) is 11.5 Å². The second-order valence-electron chi connectivity index (χ2n) is 7.64. The summed E-state index contributed by atoms with van der Waals surface area (Å²) in [5.74, 6) is 0.162. The second-order valence-corrected chi connectivity index (χ2v) is 7.64. The first-order chi connectivity index (χ1) is 16.0. The number of imide groups is 1. The molecule has 7 heteroatoms. The Balaban J connectivity index is 1.87. The highest BCUT2D eigenvalue weighted by Gasteiger charge is 2.41. The van der Waals surface area contributed by atoms with Crippen LogP contribution >= 0.6 is 0 Å². The third-order valence-electron chi connectivity index (χ3n) is 5.43. The van der Waals surface area contributed by atoms with Crippen molar-refractivity contribution in [2.45, 2.75) is 0 Å². The normalized spacial score (nSPS) is 13.4. The van der Waals surface area contributed by atoms with Gasteiger partial charge >= 0.3 is 0 Å². The summed E-state index contributed by atoms with van der Waals surface area (Å²) in [6.45, 7) is 0. The molecule has 0 spiro atoms. The van der Waals surface area contributed by atoms with E-state index in [1.807, 2.05) is 55.4 Å². The Morgan fingerprint density at radius 1 is 0.788 bits per heavy atom. The summed E-state index contributed by atoms with van der Waals surface area (Å²) in [5, 5.41) is 3.15. The van der Waals surface area contributed by atoms with E-state index in [-0.39, 0.29) is 11.3 Å². The molecule has 0 bridgehead atoms. The lowest BCUT2D eigenvalue weighted by molar-refractivity contribution is -0.120. The number of hydrogen-bond acceptors (Lipinski definition) is 6. The molecule has 4 rings (SSSR count). The van der Waals surface area contributed by atoms with Crippen molar-refractivity contribution in [3.8, 4) is 11.5 Å². The largest absolute Gasteiger partial charge is 0.496 e.